The minimum Gasteiger partial charge on any atom is -0.329 e. The molecule has 80 valence electrons. The van der Waals surface area contributed by atoms with Gasteiger partial charge in [-0.2, -0.15) is 0 Å². The van der Waals surface area contributed by atoms with Gasteiger partial charge in [-0.15, -0.1) is 0 Å². The van der Waals surface area contributed by atoms with Gasteiger partial charge >= 0.3 is 0 Å². The van der Waals surface area contributed by atoms with E-state index in [2.05, 4.69) is 0 Å². The van der Waals surface area contributed by atoms with Crippen LogP contribution in [0.5, 0.6) is 0 Å². The highest BCUT2D eigenvalue weighted by Crippen LogP contribution is 2.41. The van der Waals surface area contributed by atoms with Crippen LogP contribution in [0.15, 0.2) is 30.3 Å². The maximum Gasteiger partial charge on any atom is 0.144 e. The number of hydrogen-bond donors (Lipinski definition) is 1. The molecule has 15 heavy (non-hydrogen) atoms. The standard InChI is InChI=1S/C13H17NO/c14-10-13(7-4-8-13)12(15)9-11-5-2-1-3-6-11/h1-3,5-6H,4,7-10,14H2. The molecule has 0 saturated heterocycles. The van der Waals surface area contributed by atoms with Crippen LogP contribution in [-0.4, -0.2) is 12.3 Å². The highest BCUT2D eigenvalue weighted by atomic mass is 16.1. The summed E-state index contributed by atoms with van der Waals surface area (Å²) in [4.78, 5) is 12.1. The van der Waals surface area contributed by atoms with Gasteiger partial charge in [0.1, 0.15) is 5.78 Å². The molecule has 2 nitrogen and oxygen atoms in total. The number of benzene rings is 1. The normalized spacial score (nSPS) is 18.2. The summed E-state index contributed by atoms with van der Waals surface area (Å²) in [5, 5.41) is 0. The lowest BCUT2D eigenvalue weighted by Gasteiger charge is -2.39. The molecule has 0 amide bonds. The van der Waals surface area contributed by atoms with Crippen LogP contribution in [0.1, 0.15) is 24.8 Å². The van der Waals surface area contributed by atoms with E-state index in [4.69, 9.17) is 5.73 Å². The molecule has 0 aliphatic heterocycles. The summed E-state index contributed by atoms with van der Waals surface area (Å²) in [6.45, 7) is 0.513. The molecule has 0 bridgehead atoms. The molecule has 0 aromatic heterocycles. The Kier molecular flexibility index (Phi) is 2.87. The van der Waals surface area contributed by atoms with Gasteiger partial charge in [-0.25, -0.2) is 0 Å². The molecule has 0 atom stereocenters. The van der Waals surface area contributed by atoms with Crippen LogP contribution in [0.25, 0.3) is 0 Å². The second-order valence-corrected chi connectivity index (χ2v) is 4.42. The lowest BCUT2D eigenvalue weighted by atomic mass is 9.65. The molecule has 1 aliphatic rings. The monoisotopic (exact) mass is 203 g/mol. The van der Waals surface area contributed by atoms with Crippen LogP contribution in [0.4, 0.5) is 0 Å². The highest BCUT2D eigenvalue weighted by molar-refractivity contribution is 5.87. The van der Waals surface area contributed by atoms with Crippen molar-refractivity contribution in [3.63, 3.8) is 0 Å². The van der Waals surface area contributed by atoms with Gasteiger partial charge in [0.05, 0.1) is 0 Å². The second-order valence-electron chi connectivity index (χ2n) is 4.42. The summed E-state index contributed by atoms with van der Waals surface area (Å²) in [5.41, 5.74) is 6.62. The number of carbonyl (C=O) groups excluding carboxylic acids is 1. The van der Waals surface area contributed by atoms with Crippen LogP contribution < -0.4 is 5.73 Å². The predicted octanol–water partition coefficient (Wildman–Crippen LogP) is 1.93. The molecule has 2 rings (SSSR count). The van der Waals surface area contributed by atoms with E-state index in [9.17, 15) is 4.79 Å². The van der Waals surface area contributed by atoms with Gasteiger partial charge in [-0.05, 0) is 18.4 Å². The molecular formula is C13H17NO. The quantitative estimate of drug-likeness (QED) is 0.812. The average Bonchev–Trinajstić information content (AvgIpc) is 2.18. The van der Waals surface area contributed by atoms with E-state index in [1.807, 2.05) is 30.3 Å². The van der Waals surface area contributed by atoms with Crippen molar-refractivity contribution >= 4 is 5.78 Å². The topological polar surface area (TPSA) is 43.1 Å². The van der Waals surface area contributed by atoms with Crippen molar-refractivity contribution in [1.82, 2.24) is 0 Å². The summed E-state index contributed by atoms with van der Waals surface area (Å²) >= 11 is 0. The lowest BCUT2D eigenvalue weighted by molar-refractivity contribution is -0.132. The summed E-state index contributed by atoms with van der Waals surface area (Å²) in [7, 11) is 0. The molecule has 0 heterocycles. The molecule has 0 radical (unpaired) electrons. The van der Waals surface area contributed by atoms with Crippen LogP contribution in [0.2, 0.25) is 0 Å². The summed E-state index contributed by atoms with van der Waals surface area (Å²) < 4.78 is 0. The van der Waals surface area contributed by atoms with Crippen LogP contribution in [0, 0.1) is 5.41 Å². The average molecular weight is 203 g/mol. The molecule has 1 aromatic rings. The van der Waals surface area contributed by atoms with E-state index < -0.39 is 0 Å². The van der Waals surface area contributed by atoms with E-state index in [1.54, 1.807) is 0 Å². The first-order valence-corrected chi connectivity index (χ1v) is 5.54. The fourth-order valence-corrected chi connectivity index (χ4v) is 2.17. The van der Waals surface area contributed by atoms with Gasteiger partial charge in [-0.3, -0.25) is 4.79 Å². The lowest BCUT2D eigenvalue weighted by Crippen LogP contribution is -2.45. The van der Waals surface area contributed by atoms with Crippen LogP contribution in [0.3, 0.4) is 0 Å². The molecule has 1 aromatic carbocycles. The molecule has 1 aliphatic carbocycles. The van der Waals surface area contributed by atoms with E-state index in [0.717, 1.165) is 24.8 Å². The number of Topliss-reactive ketones (excluding diaryl/α,β-unsaturated/α-hetero) is 1. The maximum atomic E-state index is 12.1. The Hall–Kier alpha value is -1.15. The van der Waals surface area contributed by atoms with Gasteiger partial charge in [-0.1, -0.05) is 36.8 Å². The third kappa shape index (κ3) is 1.95. The Morgan fingerprint density at radius 3 is 2.40 bits per heavy atom. The Morgan fingerprint density at radius 1 is 1.27 bits per heavy atom. The summed E-state index contributed by atoms with van der Waals surface area (Å²) in [6.07, 6.45) is 3.65. The fraction of sp³-hybridized carbons (Fsp3) is 0.462. The van der Waals surface area contributed by atoms with Crippen molar-refractivity contribution in [3.05, 3.63) is 35.9 Å². The van der Waals surface area contributed by atoms with Crippen molar-refractivity contribution in [3.8, 4) is 0 Å². The molecule has 0 unspecified atom stereocenters. The number of ketones is 1. The number of hydrogen-bond acceptors (Lipinski definition) is 2. The zero-order valence-corrected chi connectivity index (χ0v) is 8.91. The van der Waals surface area contributed by atoms with Gasteiger partial charge in [0.15, 0.2) is 0 Å². The largest absolute Gasteiger partial charge is 0.329 e. The molecular weight excluding hydrogens is 186 g/mol. The van der Waals surface area contributed by atoms with E-state index in [1.165, 1.54) is 0 Å². The first-order chi connectivity index (χ1) is 7.27. The second kappa shape index (κ2) is 4.15. The molecule has 2 N–H and O–H groups in total. The Morgan fingerprint density at radius 2 is 1.93 bits per heavy atom. The Balaban J connectivity index is 2.04. The van der Waals surface area contributed by atoms with Crippen LogP contribution >= 0.6 is 0 Å². The Bertz CT molecular complexity index is 335. The first-order valence-electron chi connectivity index (χ1n) is 5.54. The minimum absolute atomic E-state index is 0.185. The number of rotatable bonds is 4. The number of nitrogens with two attached hydrogens (primary N) is 1. The SMILES string of the molecule is NCC1(C(=O)Cc2ccccc2)CCC1. The van der Waals surface area contributed by atoms with Crippen molar-refractivity contribution in [2.45, 2.75) is 25.7 Å². The van der Waals surface area contributed by atoms with Crippen molar-refractivity contribution in [2.24, 2.45) is 11.1 Å². The van der Waals surface area contributed by atoms with Gasteiger partial charge in [0.2, 0.25) is 0 Å². The van der Waals surface area contributed by atoms with E-state index >= 15 is 0 Å². The van der Waals surface area contributed by atoms with Gasteiger partial charge < -0.3 is 5.73 Å². The van der Waals surface area contributed by atoms with Crippen molar-refractivity contribution in [2.75, 3.05) is 6.54 Å². The fourth-order valence-electron chi connectivity index (χ4n) is 2.17. The van der Waals surface area contributed by atoms with Crippen molar-refractivity contribution in [1.29, 1.82) is 0 Å². The molecule has 1 saturated carbocycles. The van der Waals surface area contributed by atoms with Crippen LogP contribution in [-0.2, 0) is 11.2 Å². The highest BCUT2D eigenvalue weighted by Gasteiger charge is 2.41. The maximum absolute atomic E-state index is 12.1. The van der Waals surface area contributed by atoms with E-state index in [-0.39, 0.29) is 5.41 Å². The minimum atomic E-state index is -0.185. The molecule has 1 fully saturated rings. The van der Waals surface area contributed by atoms with Gasteiger partial charge in [0, 0.05) is 18.4 Å². The predicted molar refractivity (Wildman–Crippen MR) is 60.5 cm³/mol. The molecule has 2 heteroatoms. The molecule has 0 spiro atoms. The summed E-state index contributed by atoms with van der Waals surface area (Å²) in [5.74, 6) is 0.322. The zero-order chi connectivity index (χ0) is 10.7. The van der Waals surface area contributed by atoms with E-state index in [0.29, 0.717) is 18.7 Å². The third-order valence-corrected chi connectivity index (χ3v) is 3.50. The smallest absolute Gasteiger partial charge is 0.144 e. The zero-order valence-electron chi connectivity index (χ0n) is 8.91. The third-order valence-electron chi connectivity index (χ3n) is 3.50. The van der Waals surface area contributed by atoms with Gasteiger partial charge in [0.25, 0.3) is 0 Å². The number of carbonyl (C=O) groups is 1. The van der Waals surface area contributed by atoms with Crippen molar-refractivity contribution < 1.29 is 4.79 Å². The summed E-state index contributed by atoms with van der Waals surface area (Å²) in [6, 6.07) is 9.91. The first kappa shape index (κ1) is 10.4. The Labute approximate surface area is 90.5 Å².